The molecule has 1 aliphatic rings. The molecule has 1 heterocycles. The lowest BCUT2D eigenvalue weighted by molar-refractivity contribution is -0.135. The van der Waals surface area contributed by atoms with Gasteiger partial charge in [-0.1, -0.05) is 68.4 Å². The molecule has 1 fully saturated rings. The largest absolute Gasteiger partial charge is 0.341 e. The third kappa shape index (κ3) is 4.61. The molecular formula is C24H30N2O2. The van der Waals surface area contributed by atoms with Crippen molar-refractivity contribution in [1.29, 1.82) is 0 Å². The van der Waals surface area contributed by atoms with E-state index >= 15 is 0 Å². The van der Waals surface area contributed by atoms with Crippen molar-refractivity contribution in [2.24, 2.45) is 5.92 Å². The maximum Gasteiger partial charge on any atom is 0.227 e. The fourth-order valence-electron chi connectivity index (χ4n) is 4.00. The van der Waals surface area contributed by atoms with Crippen molar-refractivity contribution in [3.8, 4) is 11.1 Å². The lowest BCUT2D eigenvalue weighted by atomic mass is 9.91. The maximum absolute atomic E-state index is 13.2. The summed E-state index contributed by atoms with van der Waals surface area (Å²) in [5, 5.41) is 0. The molecule has 1 saturated heterocycles. The van der Waals surface area contributed by atoms with Crippen molar-refractivity contribution in [2.75, 3.05) is 26.2 Å². The van der Waals surface area contributed by atoms with E-state index < -0.39 is 0 Å². The number of hydrogen-bond acceptors (Lipinski definition) is 2. The second-order valence-electron chi connectivity index (χ2n) is 7.44. The molecule has 0 radical (unpaired) electrons. The molecule has 2 aromatic rings. The molecule has 0 aromatic heterocycles. The van der Waals surface area contributed by atoms with Crippen LogP contribution in [0.1, 0.15) is 32.3 Å². The Hall–Kier alpha value is -2.62. The van der Waals surface area contributed by atoms with Gasteiger partial charge in [0, 0.05) is 32.6 Å². The van der Waals surface area contributed by atoms with Gasteiger partial charge in [0.05, 0.1) is 5.92 Å². The molecule has 3 rings (SSSR count). The summed E-state index contributed by atoms with van der Waals surface area (Å²) in [6.07, 6.45) is 2.06. The van der Waals surface area contributed by atoms with Crippen LogP contribution in [-0.2, 0) is 16.0 Å². The molecule has 0 bridgehead atoms. The van der Waals surface area contributed by atoms with Crippen LogP contribution in [0.4, 0.5) is 0 Å². The van der Waals surface area contributed by atoms with Crippen LogP contribution in [0.5, 0.6) is 0 Å². The summed E-state index contributed by atoms with van der Waals surface area (Å²) in [6, 6.07) is 18.6. The number of hydrogen-bond donors (Lipinski definition) is 0. The Kier molecular flexibility index (Phi) is 6.85. The molecule has 28 heavy (non-hydrogen) atoms. The molecule has 4 heteroatoms. The third-order valence-electron chi connectivity index (χ3n) is 5.46. The Bertz CT molecular complexity index is 803. The van der Waals surface area contributed by atoms with Gasteiger partial charge in [-0.3, -0.25) is 9.59 Å². The molecule has 0 N–H and O–H groups in total. The summed E-state index contributed by atoms with van der Waals surface area (Å²) in [7, 11) is 0. The Morgan fingerprint density at radius 1 is 1.00 bits per heavy atom. The summed E-state index contributed by atoms with van der Waals surface area (Å²) in [5.74, 6) is 0.109. The summed E-state index contributed by atoms with van der Waals surface area (Å²) in [6.45, 7) is 6.51. The van der Waals surface area contributed by atoms with Gasteiger partial charge in [0.2, 0.25) is 11.8 Å². The predicted molar refractivity (Wildman–Crippen MR) is 113 cm³/mol. The van der Waals surface area contributed by atoms with Crippen LogP contribution in [0.25, 0.3) is 11.1 Å². The Morgan fingerprint density at radius 2 is 1.71 bits per heavy atom. The molecule has 0 aliphatic carbocycles. The average molecular weight is 379 g/mol. The second kappa shape index (κ2) is 9.54. The zero-order valence-corrected chi connectivity index (χ0v) is 16.9. The van der Waals surface area contributed by atoms with Gasteiger partial charge in [0.15, 0.2) is 0 Å². The first-order chi connectivity index (χ1) is 13.6. The van der Waals surface area contributed by atoms with Gasteiger partial charge in [-0.25, -0.2) is 0 Å². The average Bonchev–Trinajstić information content (AvgIpc) is 2.89. The van der Waals surface area contributed by atoms with Crippen LogP contribution < -0.4 is 0 Å². The topological polar surface area (TPSA) is 40.6 Å². The summed E-state index contributed by atoms with van der Waals surface area (Å²) >= 11 is 0. The van der Waals surface area contributed by atoms with E-state index in [2.05, 4.69) is 31.2 Å². The minimum atomic E-state index is -0.200. The van der Waals surface area contributed by atoms with Crippen molar-refractivity contribution in [1.82, 2.24) is 9.80 Å². The zero-order chi connectivity index (χ0) is 19.9. The first-order valence-corrected chi connectivity index (χ1v) is 10.3. The maximum atomic E-state index is 13.2. The van der Waals surface area contributed by atoms with Gasteiger partial charge in [0.25, 0.3) is 0 Å². The molecule has 2 amide bonds. The Morgan fingerprint density at radius 3 is 2.43 bits per heavy atom. The highest BCUT2D eigenvalue weighted by molar-refractivity contribution is 5.82. The first-order valence-electron chi connectivity index (χ1n) is 10.3. The van der Waals surface area contributed by atoms with E-state index in [1.807, 2.05) is 47.1 Å². The van der Waals surface area contributed by atoms with Crippen LogP contribution in [0, 0.1) is 5.92 Å². The number of benzene rings is 2. The van der Waals surface area contributed by atoms with E-state index in [0.717, 1.165) is 29.7 Å². The quantitative estimate of drug-likeness (QED) is 0.762. The summed E-state index contributed by atoms with van der Waals surface area (Å²) in [4.78, 5) is 29.4. The van der Waals surface area contributed by atoms with Crippen molar-refractivity contribution in [3.63, 3.8) is 0 Å². The van der Waals surface area contributed by atoms with E-state index in [1.54, 1.807) is 0 Å². The normalized spacial score (nSPS) is 17.5. The number of nitrogens with zero attached hydrogens (tertiary/aromatic N) is 2. The number of rotatable bonds is 6. The lowest BCUT2D eigenvalue weighted by Crippen LogP contribution is -2.38. The zero-order valence-electron chi connectivity index (χ0n) is 16.9. The SMILES string of the molecule is CCCN1CCN(C(=O)CC)C[C@H](Cc2ccccc2-c2ccccc2)C1=O. The van der Waals surface area contributed by atoms with Crippen molar-refractivity contribution in [3.05, 3.63) is 60.2 Å². The van der Waals surface area contributed by atoms with E-state index in [-0.39, 0.29) is 17.7 Å². The van der Waals surface area contributed by atoms with Gasteiger partial charge in [-0.15, -0.1) is 0 Å². The summed E-state index contributed by atoms with van der Waals surface area (Å²) < 4.78 is 0. The van der Waals surface area contributed by atoms with Crippen LogP contribution in [0.15, 0.2) is 54.6 Å². The summed E-state index contributed by atoms with van der Waals surface area (Å²) in [5.41, 5.74) is 3.48. The predicted octanol–water partition coefficient (Wildman–Crippen LogP) is 4.00. The molecule has 1 atom stereocenters. The van der Waals surface area contributed by atoms with Crippen LogP contribution in [0.3, 0.4) is 0 Å². The number of amides is 2. The molecule has 0 unspecified atom stereocenters. The molecule has 4 nitrogen and oxygen atoms in total. The molecule has 0 spiro atoms. The highest BCUT2D eigenvalue weighted by Crippen LogP contribution is 2.27. The Balaban J connectivity index is 1.90. The van der Waals surface area contributed by atoms with E-state index in [1.165, 1.54) is 0 Å². The minimum Gasteiger partial charge on any atom is -0.341 e. The standard InChI is InChI=1S/C24H30N2O2/c1-3-14-25-15-16-26(23(27)4-2)18-21(24(25)28)17-20-12-8-9-13-22(20)19-10-6-5-7-11-19/h5-13,21H,3-4,14-18H2,1-2H3/t21-/m0/s1. The second-order valence-corrected chi connectivity index (χ2v) is 7.44. The van der Waals surface area contributed by atoms with Gasteiger partial charge >= 0.3 is 0 Å². The molecule has 148 valence electrons. The fraction of sp³-hybridized carbons (Fsp3) is 0.417. The van der Waals surface area contributed by atoms with Crippen molar-refractivity contribution in [2.45, 2.75) is 33.1 Å². The molecule has 1 aliphatic heterocycles. The Labute approximate surface area is 168 Å². The highest BCUT2D eigenvalue weighted by Gasteiger charge is 2.32. The molecule has 0 saturated carbocycles. The van der Waals surface area contributed by atoms with Crippen LogP contribution >= 0.6 is 0 Å². The molecular weight excluding hydrogens is 348 g/mol. The number of carbonyl (C=O) groups is 2. The van der Waals surface area contributed by atoms with Gasteiger partial charge in [-0.05, 0) is 29.5 Å². The fourth-order valence-corrected chi connectivity index (χ4v) is 4.00. The van der Waals surface area contributed by atoms with Crippen LogP contribution in [0.2, 0.25) is 0 Å². The van der Waals surface area contributed by atoms with Crippen molar-refractivity contribution < 1.29 is 9.59 Å². The van der Waals surface area contributed by atoms with E-state index in [0.29, 0.717) is 32.5 Å². The minimum absolute atomic E-state index is 0.132. The molecule has 2 aromatic carbocycles. The lowest BCUT2D eigenvalue weighted by Gasteiger charge is -2.24. The van der Waals surface area contributed by atoms with Gasteiger partial charge in [0.1, 0.15) is 0 Å². The van der Waals surface area contributed by atoms with E-state index in [4.69, 9.17) is 0 Å². The van der Waals surface area contributed by atoms with E-state index in [9.17, 15) is 9.59 Å². The third-order valence-corrected chi connectivity index (χ3v) is 5.46. The van der Waals surface area contributed by atoms with Crippen molar-refractivity contribution >= 4 is 11.8 Å². The van der Waals surface area contributed by atoms with Gasteiger partial charge in [-0.2, -0.15) is 0 Å². The van der Waals surface area contributed by atoms with Crippen LogP contribution in [-0.4, -0.2) is 47.8 Å². The highest BCUT2D eigenvalue weighted by atomic mass is 16.2. The first kappa shape index (κ1) is 20.1. The van der Waals surface area contributed by atoms with Gasteiger partial charge < -0.3 is 9.80 Å². The smallest absolute Gasteiger partial charge is 0.227 e. The monoisotopic (exact) mass is 378 g/mol. The number of carbonyl (C=O) groups excluding carboxylic acids is 2.